The molecule has 0 atom stereocenters. The van der Waals surface area contributed by atoms with E-state index in [0.29, 0.717) is 0 Å². The van der Waals surface area contributed by atoms with Gasteiger partial charge >= 0.3 is 0 Å². The summed E-state index contributed by atoms with van der Waals surface area (Å²) in [6.45, 7) is 28.6. The quantitative estimate of drug-likeness (QED) is 0.315. The molecule has 0 nitrogen and oxygen atoms in total. The van der Waals surface area contributed by atoms with Crippen LogP contribution in [0, 0.1) is 11.8 Å². The van der Waals surface area contributed by atoms with Crippen LogP contribution in [0.4, 0.5) is 0 Å². The summed E-state index contributed by atoms with van der Waals surface area (Å²) in [5.74, 6) is 2.18. The lowest BCUT2D eigenvalue weighted by molar-refractivity contribution is 0.349. The zero-order chi connectivity index (χ0) is 30.7. The molecule has 0 heterocycles. The van der Waals surface area contributed by atoms with Crippen molar-refractivity contribution in [1.29, 1.82) is 0 Å². The summed E-state index contributed by atoms with van der Waals surface area (Å²) in [4.78, 5) is 0. The maximum Gasteiger partial charge on any atom is -0.0417 e. The van der Waals surface area contributed by atoms with Gasteiger partial charge in [0, 0.05) is 0 Å². The first-order valence-corrected chi connectivity index (χ1v) is 18.9. The molecule has 0 aromatic heterocycles. The van der Waals surface area contributed by atoms with Crippen molar-refractivity contribution in [3.8, 4) is 0 Å². The van der Waals surface area contributed by atoms with Crippen LogP contribution in [0.25, 0.3) is 0 Å². The van der Waals surface area contributed by atoms with Crippen LogP contribution < -0.4 is 0 Å². The largest absolute Gasteiger partial charge is 0.0776 e. The molecule has 4 rings (SSSR count). The second-order valence-corrected chi connectivity index (χ2v) is 9.36. The Labute approximate surface area is 257 Å². The molecule has 39 heavy (non-hydrogen) atoms. The van der Waals surface area contributed by atoms with Crippen LogP contribution in [0.1, 0.15) is 246 Å². The standard InChI is InChI=1S/C8H16.C7H14.C6H12.C5H10.6C2H6.CH4/c1-2-8-6-4-3-5-7-8;1-2-7-5-3-4-6-7;1-2-4-6-5-3-1;1-2-4-5-3-1;6*1-2;/h8H,2-7H2,1H3;7H,2-6H2,1H3;1-6H2;1-5H2;6*1-2H3;1H4. The van der Waals surface area contributed by atoms with Gasteiger partial charge < -0.3 is 0 Å². The molecule has 0 bridgehead atoms. The summed E-state index contributed by atoms with van der Waals surface area (Å²) in [6.07, 6.45) is 32.9. The van der Waals surface area contributed by atoms with Gasteiger partial charge in [-0.25, -0.2) is 0 Å². The van der Waals surface area contributed by atoms with E-state index >= 15 is 0 Å². The molecule has 0 amide bonds. The van der Waals surface area contributed by atoms with Crippen LogP contribution in [0.5, 0.6) is 0 Å². The van der Waals surface area contributed by atoms with Crippen molar-refractivity contribution in [3.63, 3.8) is 0 Å². The fourth-order valence-electron chi connectivity index (χ4n) is 4.96. The van der Waals surface area contributed by atoms with E-state index in [0.717, 1.165) is 11.8 Å². The molecule has 0 spiro atoms. The van der Waals surface area contributed by atoms with E-state index in [2.05, 4.69) is 13.8 Å². The zero-order valence-corrected chi connectivity index (χ0v) is 30.7. The first-order chi connectivity index (χ1) is 18.9. The summed E-state index contributed by atoms with van der Waals surface area (Å²) < 4.78 is 0. The Balaban J connectivity index is -0.0000000619. The maximum absolute atomic E-state index is 2.32. The number of hydrogen-bond acceptors (Lipinski definition) is 0. The fourth-order valence-corrected chi connectivity index (χ4v) is 4.96. The van der Waals surface area contributed by atoms with E-state index in [1.165, 1.54) is 141 Å². The van der Waals surface area contributed by atoms with Crippen molar-refractivity contribution in [2.24, 2.45) is 11.8 Å². The normalized spacial score (nSPS) is 16.8. The third-order valence-electron chi connectivity index (χ3n) is 7.10. The van der Waals surface area contributed by atoms with E-state index in [1.54, 1.807) is 0 Å². The lowest BCUT2D eigenvalue weighted by Crippen LogP contribution is -2.03. The third-order valence-corrected chi connectivity index (χ3v) is 7.10. The summed E-state index contributed by atoms with van der Waals surface area (Å²) >= 11 is 0. The smallest absolute Gasteiger partial charge is 0.0417 e. The van der Waals surface area contributed by atoms with Crippen LogP contribution in [0.3, 0.4) is 0 Å². The van der Waals surface area contributed by atoms with E-state index < -0.39 is 0 Å². The van der Waals surface area contributed by atoms with Gasteiger partial charge in [0.25, 0.3) is 0 Å². The number of hydrogen-bond donors (Lipinski definition) is 0. The van der Waals surface area contributed by atoms with Crippen LogP contribution in [-0.2, 0) is 0 Å². The maximum atomic E-state index is 2.32. The predicted molar refractivity (Wildman–Crippen MR) is 195 cm³/mol. The van der Waals surface area contributed by atoms with Crippen molar-refractivity contribution >= 4 is 0 Å². The molecule has 0 saturated heterocycles. The van der Waals surface area contributed by atoms with Gasteiger partial charge in [-0.05, 0) is 11.8 Å². The molecule has 4 aliphatic carbocycles. The SMILES string of the molecule is C.C1CCCC1.C1CCCCC1.CC.CC.CC.CC.CC.CC.CCC1CCCC1.CCC1CCCCC1. The van der Waals surface area contributed by atoms with Crippen molar-refractivity contribution in [3.05, 3.63) is 0 Å². The second-order valence-electron chi connectivity index (χ2n) is 9.36. The molecule has 4 fully saturated rings. The first-order valence-electron chi connectivity index (χ1n) is 18.9. The Bertz CT molecular complexity index is 230. The molecule has 0 unspecified atom stereocenters. The molecule has 0 heteroatoms. The van der Waals surface area contributed by atoms with Crippen LogP contribution in [-0.4, -0.2) is 0 Å². The van der Waals surface area contributed by atoms with Gasteiger partial charge in [0.05, 0.1) is 0 Å². The Morgan fingerprint density at radius 3 is 0.538 bits per heavy atom. The number of rotatable bonds is 2. The Morgan fingerprint density at radius 1 is 0.282 bits per heavy atom. The summed E-state index contributed by atoms with van der Waals surface area (Å²) in [6, 6.07) is 0. The van der Waals surface area contributed by atoms with Crippen LogP contribution in [0.15, 0.2) is 0 Å². The monoisotopic (exact) mass is 561 g/mol. The van der Waals surface area contributed by atoms with Crippen molar-refractivity contribution in [1.82, 2.24) is 0 Å². The third kappa shape index (κ3) is 54.7. The van der Waals surface area contributed by atoms with Crippen molar-refractivity contribution < 1.29 is 0 Å². The Morgan fingerprint density at radius 2 is 0.410 bits per heavy atom. The van der Waals surface area contributed by atoms with E-state index in [4.69, 9.17) is 0 Å². The highest BCUT2D eigenvalue weighted by molar-refractivity contribution is 4.64. The Hall–Kier alpha value is 0. The molecular formula is C39H92. The molecule has 4 saturated carbocycles. The summed E-state index contributed by atoms with van der Waals surface area (Å²) in [5, 5.41) is 0. The van der Waals surface area contributed by atoms with Crippen molar-refractivity contribution in [2.75, 3.05) is 0 Å². The summed E-state index contributed by atoms with van der Waals surface area (Å²) in [5.41, 5.74) is 0. The minimum absolute atomic E-state index is 0. The second kappa shape index (κ2) is 66.4. The molecule has 0 aliphatic heterocycles. The van der Waals surface area contributed by atoms with Crippen LogP contribution in [0.2, 0.25) is 0 Å². The highest BCUT2D eigenvalue weighted by Crippen LogP contribution is 2.26. The average Bonchev–Trinajstić information content (AvgIpc) is 3.83. The fraction of sp³-hybridized carbons (Fsp3) is 1.00. The minimum atomic E-state index is 0. The van der Waals surface area contributed by atoms with Gasteiger partial charge in [0.15, 0.2) is 0 Å². The van der Waals surface area contributed by atoms with Gasteiger partial charge in [-0.1, -0.05) is 246 Å². The topological polar surface area (TPSA) is 0 Å². The van der Waals surface area contributed by atoms with Gasteiger partial charge in [0.1, 0.15) is 0 Å². The lowest BCUT2D eigenvalue weighted by atomic mass is 9.88. The Kier molecular flexibility index (Phi) is 93.6. The molecule has 0 aromatic rings. The molecular weight excluding hydrogens is 468 g/mol. The van der Waals surface area contributed by atoms with Crippen LogP contribution >= 0.6 is 0 Å². The van der Waals surface area contributed by atoms with Gasteiger partial charge in [0.2, 0.25) is 0 Å². The zero-order valence-electron chi connectivity index (χ0n) is 30.7. The van der Waals surface area contributed by atoms with E-state index in [9.17, 15) is 0 Å². The molecule has 0 radical (unpaired) electrons. The van der Waals surface area contributed by atoms with Crippen molar-refractivity contribution in [2.45, 2.75) is 246 Å². The molecule has 4 aliphatic rings. The van der Waals surface area contributed by atoms with Gasteiger partial charge in [-0.2, -0.15) is 0 Å². The molecule has 0 aromatic carbocycles. The van der Waals surface area contributed by atoms with E-state index in [-0.39, 0.29) is 7.43 Å². The molecule has 248 valence electrons. The molecule has 0 N–H and O–H groups in total. The lowest BCUT2D eigenvalue weighted by Gasteiger charge is -2.18. The highest BCUT2D eigenvalue weighted by atomic mass is 14.2. The van der Waals surface area contributed by atoms with E-state index in [1.807, 2.05) is 83.1 Å². The van der Waals surface area contributed by atoms with Gasteiger partial charge in [-0.3, -0.25) is 0 Å². The predicted octanol–water partition coefficient (Wildman–Crippen LogP) is 16.6. The van der Waals surface area contributed by atoms with Gasteiger partial charge in [-0.15, -0.1) is 0 Å². The average molecular weight is 561 g/mol. The highest BCUT2D eigenvalue weighted by Gasteiger charge is 2.11. The minimum Gasteiger partial charge on any atom is -0.0776 e. The first kappa shape index (κ1) is 55.0. The summed E-state index contributed by atoms with van der Waals surface area (Å²) in [7, 11) is 0.